The smallest absolute Gasteiger partial charge is 0.325 e. The van der Waals surface area contributed by atoms with Gasteiger partial charge in [-0.25, -0.2) is 12.8 Å². The van der Waals surface area contributed by atoms with Crippen LogP contribution in [-0.4, -0.2) is 44.8 Å². The highest BCUT2D eigenvalue weighted by Crippen LogP contribution is 2.19. The summed E-state index contributed by atoms with van der Waals surface area (Å²) in [5.41, 5.74) is 0.469. The van der Waals surface area contributed by atoms with Gasteiger partial charge < -0.3 is 14.0 Å². The average molecular weight is 452 g/mol. The molecule has 0 aliphatic heterocycles. The van der Waals surface area contributed by atoms with Crippen LogP contribution in [0.3, 0.4) is 0 Å². The van der Waals surface area contributed by atoms with Crippen molar-refractivity contribution in [1.29, 1.82) is 0 Å². The highest BCUT2D eigenvalue weighted by atomic mass is 32.2. The van der Waals surface area contributed by atoms with Gasteiger partial charge in [0.15, 0.2) is 14.6 Å². The second-order valence-corrected chi connectivity index (χ2v) is 9.10. The number of sulfone groups is 1. The maximum Gasteiger partial charge on any atom is 0.325 e. The van der Waals surface area contributed by atoms with Crippen LogP contribution < -0.4 is 9.54 Å². The molecule has 8 nitrogen and oxygen atoms in total. The fourth-order valence-electron chi connectivity index (χ4n) is 2.65. The van der Waals surface area contributed by atoms with Crippen LogP contribution in [0, 0.1) is 5.82 Å². The predicted octanol–water partition coefficient (Wildman–Crippen LogP) is 1.92. The zero-order chi connectivity index (χ0) is 21.9. The van der Waals surface area contributed by atoms with Gasteiger partial charge in [0, 0.05) is 0 Å². The molecule has 158 valence electrons. The van der Waals surface area contributed by atoms with Crippen LogP contribution in [0.4, 0.5) is 4.39 Å². The van der Waals surface area contributed by atoms with Crippen LogP contribution in [0.1, 0.15) is 0 Å². The number of ether oxygens (including phenoxy) is 2. The Balaban J connectivity index is 1.97. The van der Waals surface area contributed by atoms with Gasteiger partial charge in [0.05, 0.1) is 29.3 Å². The summed E-state index contributed by atoms with van der Waals surface area (Å²) in [6, 6.07) is 9.51. The predicted molar refractivity (Wildman–Crippen MR) is 107 cm³/mol. The Kier molecular flexibility index (Phi) is 6.32. The Labute approximate surface area is 175 Å². The van der Waals surface area contributed by atoms with Crippen molar-refractivity contribution < 1.29 is 31.9 Å². The van der Waals surface area contributed by atoms with Crippen LogP contribution in [-0.2, 0) is 30.7 Å². The van der Waals surface area contributed by atoms with Crippen LogP contribution in [0.5, 0.6) is 5.75 Å². The maximum absolute atomic E-state index is 13.6. The molecule has 30 heavy (non-hydrogen) atoms. The van der Waals surface area contributed by atoms with Crippen molar-refractivity contribution in [1.82, 2.24) is 4.57 Å². The van der Waals surface area contributed by atoms with E-state index in [0.717, 1.165) is 11.3 Å². The number of carbonyl (C=O) groups is 2. The third-order valence-corrected chi connectivity index (χ3v) is 6.77. The van der Waals surface area contributed by atoms with E-state index in [-0.39, 0.29) is 16.2 Å². The molecule has 0 aliphatic rings. The summed E-state index contributed by atoms with van der Waals surface area (Å²) in [6.07, 6.45) is 0. The van der Waals surface area contributed by atoms with Crippen LogP contribution in [0.2, 0.25) is 0 Å². The molecule has 0 saturated heterocycles. The molecular formula is C19H17FN2O6S2. The van der Waals surface area contributed by atoms with Gasteiger partial charge >= 0.3 is 5.97 Å². The van der Waals surface area contributed by atoms with Crippen molar-refractivity contribution in [2.75, 3.05) is 20.0 Å². The monoisotopic (exact) mass is 452 g/mol. The third-order valence-electron chi connectivity index (χ3n) is 4.11. The van der Waals surface area contributed by atoms with Gasteiger partial charge in [0.1, 0.15) is 23.9 Å². The first kappa shape index (κ1) is 21.7. The SMILES string of the molecule is COC(=O)Cn1c(=NC(=O)CS(=O)(=O)c2ccc(OC)cc2)sc2cc(F)ccc21. The van der Waals surface area contributed by atoms with Gasteiger partial charge in [0.2, 0.25) is 0 Å². The molecule has 1 heterocycles. The lowest BCUT2D eigenvalue weighted by molar-refractivity contribution is -0.141. The number of amides is 1. The molecule has 2 aromatic carbocycles. The van der Waals surface area contributed by atoms with Crippen molar-refractivity contribution in [2.45, 2.75) is 11.4 Å². The molecule has 0 saturated carbocycles. The van der Waals surface area contributed by atoms with Gasteiger partial charge in [-0.05, 0) is 42.5 Å². The van der Waals surface area contributed by atoms with E-state index in [1.807, 2.05) is 0 Å². The van der Waals surface area contributed by atoms with Crippen LogP contribution >= 0.6 is 11.3 Å². The lowest BCUT2D eigenvalue weighted by Crippen LogP contribution is -2.24. The molecule has 0 fully saturated rings. The molecular weight excluding hydrogens is 435 g/mol. The number of halogens is 1. The molecule has 11 heteroatoms. The van der Waals surface area contributed by atoms with E-state index in [0.29, 0.717) is 16.0 Å². The van der Waals surface area contributed by atoms with E-state index in [1.54, 1.807) is 0 Å². The molecule has 0 atom stereocenters. The van der Waals surface area contributed by atoms with Crippen molar-refractivity contribution in [3.8, 4) is 5.75 Å². The average Bonchev–Trinajstić information content (AvgIpc) is 3.03. The van der Waals surface area contributed by atoms with E-state index in [9.17, 15) is 22.4 Å². The number of hydrogen-bond acceptors (Lipinski definition) is 7. The van der Waals surface area contributed by atoms with E-state index in [1.165, 1.54) is 61.3 Å². The standard InChI is InChI=1S/C19H17FN2O6S2/c1-27-13-4-6-14(7-5-13)30(25,26)11-17(23)21-19-22(10-18(24)28-2)15-8-3-12(20)9-16(15)29-19/h3-9H,10-11H2,1-2H3. The van der Waals surface area contributed by atoms with E-state index < -0.39 is 33.3 Å². The first-order chi connectivity index (χ1) is 14.2. The van der Waals surface area contributed by atoms with Crippen LogP contribution in [0.25, 0.3) is 10.2 Å². The molecule has 1 aromatic heterocycles. The Morgan fingerprint density at radius 3 is 2.47 bits per heavy atom. The molecule has 0 N–H and O–H groups in total. The summed E-state index contributed by atoms with van der Waals surface area (Å²) in [7, 11) is -1.28. The number of methoxy groups -OCH3 is 2. The highest BCUT2D eigenvalue weighted by molar-refractivity contribution is 7.92. The minimum Gasteiger partial charge on any atom is -0.497 e. The Bertz CT molecular complexity index is 1280. The quantitative estimate of drug-likeness (QED) is 0.530. The molecule has 1 amide bonds. The summed E-state index contributed by atoms with van der Waals surface area (Å²) in [5.74, 6) is -2.39. The number of benzene rings is 2. The zero-order valence-corrected chi connectivity index (χ0v) is 17.6. The van der Waals surface area contributed by atoms with E-state index in [4.69, 9.17) is 4.74 Å². The summed E-state index contributed by atoms with van der Waals surface area (Å²) in [4.78, 5) is 28.0. The molecule has 0 unspecified atom stereocenters. The second kappa shape index (κ2) is 8.76. The zero-order valence-electron chi connectivity index (χ0n) is 16.0. The van der Waals surface area contributed by atoms with Crippen molar-refractivity contribution >= 4 is 43.3 Å². The first-order valence-corrected chi connectivity index (χ1v) is 11.0. The minimum absolute atomic E-state index is 0.0484. The maximum atomic E-state index is 13.6. The highest BCUT2D eigenvalue weighted by Gasteiger charge is 2.20. The lowest BCUT2D eigenvalue weighted by atomic mass is 10.3. The summed E-state index contributed by atoms with van der Waals surface area (Å²) >= 11 is 0.962. The Morgan fingerprint density at radius 1 is 1.13 bits per heavy atom. The summed E-state index contributed by atoms with van der Waals surface area (Å²) in [6.45, 7) is -0.264. The fraction of sp³-hybridized carbons (Fsp3) is 0.211. The Hall–Kier alpha value is -3.05. The molecule has 3 rings (SSSR count). The molecule has 3 aromatic rings. The summed E-state index contributed by atoms with van der Waals surface area (Å²) < 4.78 is 50.0. The van der Waals surface area contributed by atoms with Gasteiger partial charge in [-0.1, -0.05) is 11.3 Å². The van der Waals surface area contributed by atoms with Gasteiger partial charge in [-0.3, -0.25) is 9.59 Å². The lowest BCUT2D eigenvalue weighted by Gasteiger charge is -2.05. The second-order valence-electron chi connectivity index (χ2n) is 6.10. The molecule has 0 radical (unpaired) electrons. The van der Waals surface area contributed by atoms with Crippen molar-refractivity contribution in [3.63, 3.8) is 0 Å². The molecule has 0 aliphatic carbocycles. The number of nitrogens with zero attached hydrogens (tertiary/aromatic N) is 2. The van der Waals surface area contributed by atoms with Gasteiger partial charge in [0.25, 0.3) is 5.91 Å². The Morgan fingerprint density at radius 2 is 1.83 bits per heavy atom. The molecule has 0 bridgehead atoms. The number of aromatic nitrogens is 1. The third kappa shape index (κ3) is 4.74. The van der Waals surface area contributed by atoms with E-state index >= 15 is 0 Å². The number of rotatable bonds is 6. The number of thiazole rings is 1. The number of esters is 1. The van der Waals surface area contributed by atoms with E-state index in [2.05, 4.69) is 9.73 Å². The van der Waals surface area contributed by atoms with Gasteiger partial charge in [-0.15, -0.1) is 0 Å². The summed E-state index contributed by atoms with van der Waals surface area (Å²) in [5, 5.41) is 0. The minimum atomic E-state index is -3.94. The van der Waals surface area contributed by atoms with Gasteiger partial charge in [-0.2, -0.15) is 4.99 Å². The number of hydrogen-bond donors (Lipinski definition) is 0. The van der Waals surface area contributed by atoms with Crippen molar-refractivity contribution in [3.05, 3.63) is 53.1 Å². The number of carbonyl (C=O) groups excluding carboxylic acids is 2. The van der Waals surface area contributed by atoms with Crippen molar-refractivity contribution in [2.24, 2.45) is 4.99 Å². The largest absolute Gasteiger partial charge is 0.497 e. The van der Waals surface area contributed by atoms with Crippen LogP contribution in [0.15, 0.2) is 52.4 Å². The topological polar surface area (TPSA) is 104 Å². The normalized spacial score (nSPS) is 12.2. The fourth-order valence-corrected chi connectivity index (χ4v) is 4.83. The molecule has 0 spiro atoms. The number of fused-ring (bicyclic) bond motifs is 1. The first-order valence-electron chi connectivity index (χ1n) is 8.53.